The molecule has 0 aliphatic rings. The van der Waals surface area contributed by atoms with E-state index in [4.69, 9.17) is 10.2 Å². The summed E-state index contributed by atoms with van der Waals surface area (Å²) < 4.78 is 1.65. The van der Waals surface area contributed by atoms with Gasteiger partial charge in [-0.25, -0.2) is 0 Å². The summed E-state index contributed by atoms with van der Waals surface area (Å²) in [4.78, 5) is 21.5. The van der Waals surface area contributed by atoms with Gasteiger partial charge in [-0.05, 0) is 18.6 Å². The number of carboxylic acid groups (broad SMARTS) is 1. The van der Waals surface area contributed by atoms with Crippen LogP contribution in [0.25, 0.3) is 0 Å². The highest BCUT2D eigenvalue weighted by Crippen LogP contribution is 2.05. The Morgan fingerprint density at radius 1 is 1.40 bits per heavy atom. The Balaban J connectivity index is 2.57. The van der Waals surface area contributed by atoms with Gasteiger partial charge in [-0.15, -0.1) is 0 Å². The maximum atomic E-state index is 11.2. The largest absolute Gasteiger partial charge is 0.481 e. The van der Waals surface area contributed by atoms with E-state index in [0.717, 1.165) is 0 Å². The Morgan fingerprint density at radius 3 is 2.73 bits per heavy atom. The standard InChI is InChI=1S/C10H13NO4/c12-7-9(13)8-3-1-5-11(8)6-2-4-10(14)15/h1,3,5,12H,2,4,6-7H2,(H,14,15). The lowest BCUT2D eigenvalue weighted by atomic mass is 10.2. The number of aliphatic hydroxyl groups excluding tert-OH is 1. The van der Waals surface area contributed by atoms with E-state index in [1.807, 2.05) is 0 Å². The van der Waals surface area contributed by atoms with Crippen molar-refractivity contribution in [1.29, 1.82) is 0 Å². The monoisotopic (exact) mass is 211 g/mol. The van der Waals surface area contributed by atoms with E-state index < -0.39 is 12.6 Å². The average Bonchev–Trinajstić information content (AvgIpc) is 2.64. The molecule has 0 aliphatic carbocycles. The third-order valence-corrected chi connectivity index (χ3v) is 2.05. The number of rotatable bonds is 6. The van der Waals surface area contributed by atoms with Crippen molar-refractivity contribution >= 4 is 11.8 Å². The van der Waals surface area contributed by atoms with Crippen LogP contribution in [0.4, 0.5) is 0 Å². The van der Waals surface area contributed by atoms with Gasteiger partial charge in [0.1, 0.15) is 6.61 Å². The van der Waals surface area contributed by atoms with Gasteiger partial charge in [0, 0.05) is 19.2 Å². The van der Waals surface area contributed by atoms with Gasteiger partial charge < -0.3 is 14.8 Å². The van der Waals surface area contributed by atoms with Crippen LogP contribution in [0.2, 0.25) is 0 Å². The van der Waals surface area contributed by atoms with E-state index in [9.17, 15) is 9.59 Å². The van der Waals surface area contributed by atoms with Crippen LogP contribution >= 0.6 is 0 Å². The number of aliphatic hydroxyl groups is 1. The van der Waals surface area contributed by atoms with Crippen molar-refractivity contribution in [1.82, 2.24) is 4.57 Å². The zero-order chi connectivity index (χ0) is 11.3. The number of hydrogen-bond acceptors (Lipinski definition) is 3. The maximum Gasteiger partial charge on any atom is 0.303 e. The summed E-state index contributed by atoms with van der Waals surface area (Å²) in [6.45, 7) is -0.0523. The highest BCUT2D eigenvalue weighted by molar-refractivity contribution is 5.95. The second-order valence-corrected chi connectivity index (χ2v) is 3.17. The van der Waals surface area contributed by atoms with E-state index in [-0.39, 0.29) is 12.2 Å². The average molecular weight is 211 g/mol. The van der Waals surface area contributed by atoms with Crippen LogP contribution in [0.15, 0.2) is 18.3 Å². The number of carboxylic acids is 1. The molecule has 0 spiro atoms. The molecule has 5 heteroatoms. The van der Waals surface area contributed by atoms with E-state index in [1.165, 1.54) is 0 Å². The lowest BCUT2D eigenvalue weighted by molar-refractivity contribution is -0.137. The van der Waals surface area contributed by atoms with Gasteiger partial charge in [-0.3, -0.25) is 9.59 Å². The number of aliphatic carboxylic acids is 1. The Morgan fingerprint density at radius 2 is 2.13 bits per heavy atom. The topological polar surface area (TPSA) is 79.5 Å². The van der Waals surface area contributed by atoms with Crippen molar-refractivity contribution in [2.24, 2.45) is 0 Å². The Hall–Kier alpha value is -1.62. The normalized spacial score (nSPS) is 10.2. The van der Waals surface area contributed by atoms with Crippen molar-refractivity contribution in [2.75, 3.05) is 6.61 Å². The van der Waals surface area contributed by atoms with Crippen LogP contribution in [-0.2, 0) is 11.3 Å². The smallest absolute Gasteiger partial charge is 0.303 e. The second-order valence-electron chi connectivity index (χ2n) is 3.17. The number of Topliss-reactive ketones (excluding diaryl/α,β-unsaturated/α-hetero) is 1. The number of aromatic nitrogens is 1. The third-order valence-electron chi connectivity index (χ3n) is 2.05. The molecule has 0 atom stereocenters. The highest BCUT2D eigenvalue weighted by atomic mass is 16.4. The number of aryl methyl sites for hydroxylation is 1. The number of ketones is 1. The van der Waals surface area contributed by atoms with Crippen LogP contribution < -0.4 is 0 Å². The van der Waals surface area contributed by atoms with Crippen LogP contribution in [-0.4, -0.2) is 33.1 Å². The van der Waals surface area contributed by atoms with Crippen LogP contribution in [0.3, 0.4) is 0 Å². The maximum absolute atomic E-state index is 11.2. The predicted octanol–water partition coefficient (Wildman–Crippen LogP) is 0.528. The Labute approximate surface area is 87.0 Å². The molecule has 1 heterocycles. The minimum Gasteiger partial charge on any atom is -0.481 e. The quantitative estimate of drug-likeness (QED) is 0.672. The molecule has 1 rings (SSSR count). The van der Waals surface area contributed by atoms with Crippen LogP contribution in [0.1, 0.15) is 23.3 Å². The summed E-state index contributed by atoms with van der Waals surface area (Å²) in [5, 5.41) is 17.1. The first-order valence-corrected chi connectivity index (χ1v) is 4.66. The number of nitrogens with zero attached hydrogens (tertiary/aromatic N) is 1. The summed E-state index contributed by atoms with van der Waals surface area (Å²) in [6, 6.07) is 3.31. The fourth-order valence-electron chi connectivity index (χ4n) is 1.34. The second kappa shape index (κ2) is 5.31. The first-order chi connectivity index (χ1) is 7.15. The summed E-state index contributed by atoms with van der Waals surface area (Å²) in [5.41, 5.74) is 0.419. The van der Waals surface area contributed by atoms with Crippen molar-refractivity contribution < 1.29 is 19.8 Å². The number of hydrogen-bond donors (Lipinski definition) is 2. The molecule has 15 heavy (non-hydrogen) atoms. The van der Waals surface area contributed by atoms with Gasteiger partial charge in [0.2, 0.25) is 5.78 Å². The van der Waals surface area contributed by atoms with Crippen molar-refractivity contribution in [3.63, 3.8) is 0 Å². The van der Waals surface area contributed by atoms with Gasteiger partial charge in [0.05, 0.1) is 5.69 Å². The molecule has 0 saturated heterocycles. The molecule has 1 aromatic rings. The van der Waals surface area contributed by atoms with Gasteiger partial charge in [0.25, 0.3) is 0 Å². The molecule has 5 nitrogen and oxygen atoms in total. The zero-order valence-corrected chi connectivity index (χ0v) is 8.22. The molecule has 0 fully saturated rings. The molecule has 82 valence electrons. The van der Waals surface area contributed by atoms with E-state index in [0.29, 0.717) is 18.7 Å². The zero-order valence-electron chi connectivity index (χ0n) is 8.22. The first kappa shape index (κ1) is 11.5. The molecule has 2 N–H and O–H groups in total. The molecule has 0 radical (unpaired) electrons. The lowest BCUT2D eigenvalue weighted by Gasteiger charge is -2.05. The van der Waals surface area contributed by atoms with Crippen LogP contribution in [0, 0.1) is 0 Å². The van der Waals surface area contributed by atoms with Gasteiger partial charge in [-0.2, -0.15) is 0 Å². The van der Waals surface area contributed by atoms with Crippen molar-refractivity contribution in [3.05, 3.63) is 24.0 Å². The summed E-state index contributed by atoms with van der Waals surface area (Å²) >= 11 is 0. The van der Waals surface area contributed by atoms with Crippen LogP contribution in [0.5, 0.6) is 0 Å². The lowest BCUT2D eigenvalue weighted by Crippen LogP contribution is -2.12. The molecule has 0 amide bonds. The predicted molar refractivity (Wildman–Crippen MR) is 52.7 cm³/mol. The summed E-state index contributed by atoms with van der Waals surface area (Å²) in [7, 11) is 0. The number of carbonyl (C=O) groups excluding carboxylic acids is 1. The number of carbonyl (C=O) groups is 2. The molecule has 0 aliphatic heterocycles. The fraction of sp³-hybridized carbons (Fsp3) is 0.400. The molecule has 0 saturated carbocycles. The van der Waals surface area contributed by atoms with Gasteiger partial charge >= 0.3 is 5.97 Å². The molecule has 1 aromatic heterocycles. The van der Waals surface area contributed by atoms with E-state index >= 15 is 0 Å². The third kappa shape index (κ3) is 3.21. The molecular weight excluding hydrogens is 198 g/mol. The fourth-order valence-corrected chi connectivity index (χ4v) is 1.34. The van der Waals surface area contributed by atoms with E-state index in [1.54, 1.807) is 22.9 Å². The Kier molecular flexibility index (Phi) is 4.05. The van der Waals surface area contributed by atoms with Gasteiger partial charge in [-0.1, -0.05) is 0 Å². The molecule has 0 unspecified atom stereocenters. The Bertz CT molecular complexity index is 356. The molecular formula is C10H13NO4. The highest BCUT2D eigenvalue weighted by Gasteiger charge is 2.09. The minimum atomic E-state index is -0.850. The van der Waals surface area contributed by atoms with Crippen molar-refractivity contribution in [3.8, 4) is 0 Å². The minimum absolute atomic E-state index is 0.0743. The first-order valence-electron chi connectivity index (χ1n) is 4.66. The summed E-state index contributed by atoms with van der Waals surface area (Å²) in [5.74, 6) is -1.20. The van der Waals surface area contributed by atoms with Gasteiger partial charge in [0.15, 0.2) is 0 Å². The van der Waals surface area contributed by atoms with Crippen molar-refractivity contribution in [2.45, 2.75) is 19.4 Å². The SMILES string of the molecule is O=C(O)CCCn1cccc1C(=O)CO. The van der Waals surface area contributed by atoms with E-state index in [2.05, 4.69) is 0 Å². The molecule has 0 bridgehead atoms. The molecule has 0 aromatic carbocycles. The summed E-state index contributed by atoms with van der Waals surface area (Å²) in [6.07, 6.45) is 2.24.